The lowest BCUT2D eigenvalue weighted by Crippen LogP contribution is -2.45. The standard InChI is InChI=1S/C20H26N2O4.ClH/c1-24-13-16(21)20(23)22-17(15-7-5-4-6-8-15)11-14-9-10-18(25-2)19(12-14)26-3;/h4-10,12,16-17H,11,13,21H2,1-3H3,(H,22,23);1H. The highest BCUT2D eigenvalue weighted by Gasteiger charge is 2.20. The zero-order chi connectivity index (χ0) is 18.9. The molecular weight excluding hydrogens is 368 g/mol. The molecule has 0 aliphatic carbocycles. The highest BCUT2D eigenvalue weighted by Crippen LogP contribution is 2.29. The summed E-state index contributed by atoms with van der Waals surface area (Å²) in [4.78, 5) is 12.4. The first kappa shape index (κ1) is 22.8. The Morgan fingerprint density at radius 1 is 1.04 bits per heavy atom. The lowest BCUT2D eigenvalue weighted by molar-refractivity contribution is -0.124. The monoisotopic (exact) mass is 394 g/mol. The van der Waals surface area contributed by atoms with Gasteiger partial charge in [-0.2, -0.15) is 0 Å². The van der Waals surface area contributed by atoms with Gasteiger partial charge in [-0.3, -0.25) is 4.79 Å². The number of nitrogens with one attached hydrogen (secondary N) is 1. The SMILES string of the molecule is COCC(N)C(=O)NC(Cc1ccc(OC)c(OC)c1)c1ccccc1.Cl. The maximum atomic E-state index is 12.4. The van der Waals surface area contributed by atoms with Crippen molar-refractivity contribution in [3.05, 3.63) is 59.7 Å². The van der Waals surface area contributed by atoms with E-state index in [-0.39, 0.29) is 31.0 Å². The summed E-state index contributed by atoms with van der Waals surface area (Å²) in [6, 6.07) is 14.6. The van der Waals surface area contributed by atoms with Crippen LogP contribution in [0.3, 0.4) is 0 Å². The Hall–Kier alpha value is -2.28. The lowest BCUT2D eigenvalue weighted by Gasteiger charge is -2.22. The molecule has 7 heteroatoms. The van der Waals surface area contributed by atoms with Crippen molar-refractivity contribution in [2.45, 2.75) is 18.5 Å². The zero-order valence-corrected chi connectivity index (χ0v) is 16.6. The number of hydrogen-bond donors (Lipinski definition) is 2. The van der Waals surface area contributed by atoms with Crippen LogP contribution in [0.15, 0.2) is 48.5 Å². The van der Waals surface area contributed by atoms with Gasteiger partial charge in [-0.05, 0) is 29.7 Å². The molecule has 1 amide bonds. The van der Waals surface area contributed by atoms with Crippen molar-refractivity contribution < 1.29 is 19.0 Å². The Kier molecular flexibility index (Phi) is 9.64. The van der Waals surface area contributed by atoms with Crippen molar-refractivity contribution in [1.82, 2.24) is 5.32 Å². The van der Waals surface area contributed by atoms with E-state index in [1.54, 1.807) is 14.2 Å². The summed E-state index contributed by atoms with van der Waals surface area (Å²) in [5, 5.41) is 3.02. The molecule has 2 aromatic carbocycles. The molecule has 0 aromatic heterocycles. The molecule has 0 saturated heterocycles. The molecule has 2 rings (SSSR count). The molecule has 148 valence electrons. The fourth-order valence-electron chi connectivity index (χ4n) is 2.71. The molecule has 0 heterocycles. The Labute approximate surface area is 166 Å². The van der Waals surface area contributed by atoms with E-state index in [1.165, 1.54) is 7.11 Å². The molecule has 27 heavy (non-hydrogen) atoms. The predicted octanol–water partition coefficient (Wildman–Crippen LogP) is 2.50. The Bertz CT molecular complexity index is 712. The van der Waals surface area contributed by atoms with Gasteiger partial charge in [0.15, 0.2) is 11.5 Å². The van der Waals surface area contributed by atoms with E-state index in [4.69, 9.17) is 19.9 Å². The van der Waals surface area contributed by atoms with Crippen LogP contribution < -0.4 is 20.5 Å². The number of rotatable bonds is 9. The molecule has 3 N–H and O–H groups in total. The number of hydrogen-bond acceptors (Lipinski definition) is 5. The van der Waals surface area contributed by atoms with Crippen LogP contribution in [0.2, 0.25) is 0 Å². The van der Waals surface area contributed by atoms with Gasteiger partial charge in [-0.25, -0.2) is 0 Å². The minimum absolute atomic E-state index is 0. The second kappa shape index (κ2) is 11.4. The second-order valence-electron chi connectivity index (χ2n) is 5.93. The molecule has 0 fully saturated rings. The number of benzene rings is 2. The van der Waals surface area contributed by atoms with Crippen LogP contribution in [0.5, 0.6) is 11.5 Å². The van der Waals surface area contributed by atoms with Crippen LogP contribution in [-0.4, -0.2) is 39.9 Å². The van der Waals surface area contributed by atoms with E-state index in [2.05, 4.69) is 5.32 Å². The van der Waals surface area contributed by atoms with E-state index in [0.717, 1.165) is 11.1 Å². The summed E-state index contributed by atoms with van der Waals surface area (Å²) in [6.45, 7) is 0.170. The van der Waals surface area contributed by atoms with Gasteiger partial charge in [0.05, 0.1) is 26.9 Å². The van der Waals surface area contributed by atoms with Crippen molar-refractivity contribution in [2.24, 2.45) is 5.73 Å². The van der Waals surface area contributed by atoms with E-state index in [9.17, 15) is 4.79 Å². The average molecular weight is 395 g/mol. The fourth-order valence-corrected chi connectivity index (χ4v) is 2.71. The number of amides is 1. The summed E-state index contributed by atoms with van der Waals surface area (Å²) in [5.41, 5.74) is 7.87. The number of ether oxygens (including phenoxy) is 3. The van der Waals surface area contributed by atoms with Gasteiger partial charge in [0.2, 0.25) is 5.91 Å². The predicted molar refractivity (Wildman–Crippen MR) is 108 cm³/mol. The number of carbonyl (C=O) groups excluding carboxylic acids is 1. The maximum Gasteiger partial charge on any atom is 0.239 e. The first-order valence-electron chi connectivity index (χ1n) is 8.39. The average Bonchev–Trinajstić information content (AvgIpc) is 2.68. The molecule has 0 aliphatic rings. The largest absolute Gasteiger partial charge is 0.493 e. The number of nitrogens with two attached hydrogens (primary N) is 1. The van der Waals surface area contributed by atoms with E-state index >= 15 is 0 Å². The lowest BCUT2D eigenvalue weighted by atomic mass is 9.98. The number of carbonyl (C=O) groups is 1. The van der Waals surface area contributed by atoms with E-state index in [0.29, 0.717) is 17.9 Å². The molecule has 0 spiro atoms. The van der Waals surface area contributed by atoms with Gasteiger partial charge in [0, 0.05) is 7.11 Å². The van der Waals surface area contributed by atoms with Crippen LogP contribution >= 0.6 is 12.4 Å². The van der Waals surface area contributed by atoms with Crippen LogP contribution in [0, 0.1) is 0 Å². The molecule has 0 radical (unpaired) electrons. The molecular formula is C20H27ClN2O4. The van der Waals surface area contributed by atoms with Gasteiger partial charge < -0.3 is 25.3 Å². The van der Waals surface area contributed by atoms with Gasteiger partial charge in [0.1, 0.15) is 6.04 Å². The molecule has 6 nitrogen and oxygen atoms in total. The molecule has 0 aliphatic heterocycles. The van der Waals surface area contributed by atoms with Crippen LogP contribution in [0.1, 0.15) is 17.2 Å². The highest BCUT2D eigenvalue weighted by molar-refractivity contribution is 5.85. The van der Waals surface area contributed by atoms with Crippen LogP contribution in [-0.2, 0) is 16.0 Å². The van der Waals surface area contributed by atoms with Crippen molar-refractivity contribution in [3.8, 4) is 11.5 Å². The van der Waals surface area contributed by atoms with Crippen LogP contribution in [0.25, 0.3) is 0 Å². The molecule has 2 aromatic rings. The third-order valence-electron chi connectivity index (χ3n) is 4.09. The third kappa shape index (κ3) is 6.43. The minimum atomic E-state index is -0.711. The molecule has 0 saturated carbocycles. The summed E-state index contributed by atoms with van der Waals surface area (Å²) in [5.74, 6) is 1.07. The summed E-state index contributed by atoms with van der Waals surface area (Å²) >= 11 is 0. The second-order valence-corrected chi connectivity index (χ2v) is 5.93. The van der Waals surface area contributed by atoms with Gasteiger partial charge >= 0.3 is 0 Å². The smallest absolute Gasteiger partial charge is 0.239 e. The normalized spacial score (nSPS) is 12.4. The van der Waals surface area contributed by atoms with Gasteiger partial charge in [0.25, 0.3) is 0 Å². The fraction of sp³-hybridized carbons (Fsp3) is 0.350. The highest BCUT2D eigenvalue weighted by atomic mass is 35.5. The van der Waals surface area contributed by atoms with Crippen LogP contribution in [0.4, 0.5) is 0 Å². The van der Waals surface area contributed by atoms with Crippen molar-refractivity contribution in [1.29, 1.82) is 0 Å². The Morgan fingerprint density at radius 3 is 2.30 bits per heavy atom. The first-order valence-corrected chi connectivity index (χ1v) is 8.39. The first-order chi connectivity index (χ1) is 12.6. The molecule has 2 atom stereocenters. The van der Waals surface area contributed by atoms with Crippen molar-refractivity contribution in [3.63, 3.8) is 0 Å². The number of methoxy groups -OCH3 is 3. The van der Waals surface area contributed by atoms with E-state index in [1.807, 2.05) is 48.5 Å². The molecule has 0 bridgehead atoms. The van der Waals surface area contributed by atoms with E-state index < -0.39 is 6.04 Å². The Morgan fingerprint density at radius 2 is 1.70 bits per heavy atom. The Balaban J connectivity index is 0.00000364. The number of halogens is 1. The minimum Gasteiger partial charge on any atom is -0.493 e. The zero-order valence-electron chi connectivity index (χ0n) is 15.8. The summed E-state index contributed by atoms with van der Waals surface area (Å²) < 4.78 is 15.6. The third-order valence-corrected chi connectivity index (χ3v) is 4.09. The summed E-state index contributed by atoms with van der Waals surface area (Å²) in [6.07, 6.45) is 0.593. The van der Waals surface area contributed by atoms with Crippen molar-refractivity contribution >= 4 is 18.3 Å². The maximum absolute atomic E-state index is 12.4. The van der Waals surface area contributed by atoms with Crippen molar-refractivity contribution in [2.75, 3.05) is 27.9 Å². The molecule has 2 unspecified atom stereocenters. The van der Waals surface area contributed by atoms with Gasteiger partial charge in [-0.1, -0.05) is 36.4 Å². The summed E-state index contributed by atoms with van der Waals surface area (Å²) in [7, 11) is 4.72. The van der Waals surface area contributed by atoms with Gasteiger partial charge in [-0.15, -0.1) is 12.4 Å². The topological polar surface area (TPSA) is 82.8 Å². The quantitative estimate of drug-likeness (QED) is 0.682.